The zero-order valence-corrected chi connectivity index (χ0v) is 13.3. The Bertz CT molecular complexity index is 491. The Morgan fingerprint density at radius 3 is 2.91 bits per heavy atom. The van der Waals surface area contributed by atoms with E-state index in [2.05, 4.69) is 34.5 Å². The predicted molar refractivity (Wildman–Crippen MR) is 86.6 cm³/mol. The lowest BCUT2D eigenvalue weighted by atomic mass is 10.0. The molecule has 4 nitrogen and oxygen atoms in total. The first kappa shape index (κ1) is 15.5. The fraction of sp³-hybridized carbons (Fsp3) is 0.611. The van der Waals surface area contributed by atoms with E-state index in [9.17, 15) is 4.79 Å². The Kier molecular flexibility index (Phi) is 5.11. The van der Waals surface area contributed by atoms with Crippen LogP contribution < -0.4 is 5.32 Å². The van der Waals surface area contributed by atoms with Gasteiger partial charge in [-0.1, -0.05) is 36.8 Å². The zero-order valence-electron chi connectivity index (χ0n) is 13.3. The quantitative estimate of drug-likeness (QED) is 0.929. The van der Waals surface area contributed by atoms with Gasteiger partial charge in [-0.15, -0.1) is 0 Å². The van der Waals surface area contributed by atoms with Crippen molar-refractivity contribution in [2.75, 3.05) is 20.3 Å². The van der Waals surface area contributed by atoms with Gasteiger partial charge in [-0.3, -0.25) is 4.79 Å². The lowest BCUT2D eigenvalue weighted by Gasteiger charge is -2.31. The van der Waals surface area contributed by atoms with Crippen molar-refractivity contribution in [1.82, 2.24) is 10.2 Å². The second kappa shape index (κ2) is 7.25. The van der Waals surface area contributed by atoms with Gasteiger partial charge in [0.15, 0.2) is 0 Å². The van der Waals surface area contributed by atoms with Crippen LogP contribution in [0.4, 0.5) is 0 Å². The molecule has 2 fully saturated rings. The van der Waals surface area contributed by atoms with E-state index in [0.717, 1.165) is 19.4 Å². The van der Waals surface area contributed by atoms with E-state index in [0.29, 0.717) is 25.1 Å². The van der Waals surface area contributed by atoms with E-state index in [1.807, 2.05) is 6.07 Å². The standard InChI is InChI=1S/C18H26N2O2/c1-22-12-10-18(21)20-16-9-5-6-11-19-15(16)13-17(20)14-7-3-2-4-8-14/h2-4,7-8,15-17,19H,5-6,9-13H2,1H3/t15-,16+,17+/m0/s1. The van der Waals surface area contributed by atoms with E-state index in [1.54, 1.807) is 7.11 Å². The lowest BCUT2D eigenvalue weighted by Crippen LogP contribution is -2.44. The molecule has 22 heavy (non-hydrogen) atoms. The van der Waals surface area contributed by atoms with Crippen molar-refractivity contribution in [3.8, 4) is 0 Å². The van der Waals surface area contributed by atoms with Crippen LogP contribution in [0.15, 0.2) is 30.3 Å². The third-order valence-electron chi connectivity index (χ3n) is 4.96. The number of nitrogens with one attached hydrogen (secondary N) is 1. The molecule has 2 aliphatic heterocycles. The fourth-order valence-electron chi connectivity index (χ4n) is 3.91. The Labute approximate surface area is 132 Å². The molecule has 0 aromatic heterocycles. The summed E-state index contributed by atoms with van der Waals surface area (Å²) in [4.78, 5) is 14.9. The number of ether oxygens (including phenoxy) is 1. The maximum absolute atomic E-state index is 12.8. The Balaban J connectivity index is 1.85. The molecule has 0 radical (unpaired) electrons. The predicted octanol–water partition coefficient (Wildman–Crippen LogP) is 2.51. The Morgan fingerprint density at radius 1 is 1.32 bits per heavy atom. The van der Waals surface area contributed by atoms with Gasteiger partial charge < -0.3 is 15.0 Å². The molecule has 2 heterocycles. The minimum absolute atomic E-state index is 0.200. The molecule has 4 heteroatoms. The van der Waals surface area contributed by atoms with E-state index in [4.69, 9.17) is 4.74 Å². The summed E-state index contributed by atoms with van der Waals surface area (Å²) in [6.45, 7) is 1.57. The van der Waals surface area contributed by atoms with Gasteiger partial charge in [-0.2, -0.15) is 0 Å². The number of benzene rings is 1. The number of amides is 1. The molecule has 2 aliphatic rings. The molecule has 0 saturated carbocycles. The Hall–Kier alpha value is -1.39. The molecule has 3 atom stereocenters. The summed E-state index contributed by atoms with van der Waals surface area (Å²) >= 11 is 0. The van der Waals surface area contributed by atoms with Crippen molar-refractivity contribution in [2.45, 2.75) is 50.2 Å². The van der Waals surface area contributed by atoms with Crippen LogP contribution in [-0.2, 0) is 9.53 Å². The molecule has 1 N–H and O–H groups in total. The van der Waals surface area contributed by atoms with Gasteiger partial charge in [0.2, 0.25) is 5.91 Å². The van der Waals surface area contributed by atoms with Gasteiger partial charge in [0.25, 0.3) is 0 Å². The second-order valence-corrected chi connectivity index (χ2v) is 6.33. The molecular formula is C18H26N2O2. The fourth-order valence-corrected chi connectivity index (χ4v) is 3.91. The number of likely N-dealkylation sites (tertiary alicyclic amines) is 1. The van der Waals surface area contributed by atoms with Crippen LogP contribution in [0.5, 0.6) is 0 Å². The molecule has 1 amide bonds. The maximum atomic E-state index is 12.8. The Morgan fingerprint density at radius 2 is 2.14 bits per heavy atom. The van der Waals surface area contributed by atoms with Crippen LogP contribution in [0, 0.1) is 0 Å². The van der Waals surface area contributed by atoms with E-state index in [-0.39, 0.29) is 11.9 Å². The summed E-state index contributed by atoms with van der Waals surface area (Å²) in [5, 5.41) is 3.66. The first-order valence-corrected chi connectivity index (χ1v) is 8.39. The number of carbonyl (C=O) groups is 1. The molecule has 1 aromatic rings. The summed E-state index contributed by atoms with van der Waals surface area (Å²) in [5.74, 6) is 0.229. The summed E-state index contributed by atoms with van der Waals surface area (Å²) < 4.78 is 5.11. The molecule has 0 spiro atoms. The molecule has 1 aromatic carbocycles. The van der Waals surface area contributed by atoms with Crippen LogP contribution in [0.25, 0.3) is 0 Å². The monoisotopic (exact) mass is 302 g/mol. The van der Waals surface area contributed by atoms with Crippen LogP contribution >= 0.6 is 0 Å². The third kappa shape index (κ3) is 3.18. The van der Waals surface area contributed by atoms with Gasteiger partial charge in [0, 0.05) is 19.2 Å². The van der Waals surface area contributed by atoms with Crippen molar-refractivity contribution in [1.29, 1.82) is 0 Å². The van der Waals surface area contributed by atoms with Crippen LogP contribution in [0.1, 0.15) is 43.7 Å². The largest absolute Gasteiger partial charge is 0.384 e. The molecule has 2 saturated heterocycles. The smallest absolute Gasteiger partial charge is 0.225 e. The minimum atomic E-state index is 0.200. The van der Waals surface area contributed by atoms with Gasteiger partial charge in [0.1, 0.15) is 0 Å². The highest BCUT2D eigenvalue weighted by Crippen LogP contribution is 2.39. The first-order valence-electron chi connectivity index (χ1n) is 8.39. The number of rotatable bonds is 4. The number of hydrogen-bond donors (Lipinski definition) is 1. The SMILES string of the molecule is COCCC(=O)N1[C@@H](c2ccccc2)C[C@@H]2NCCCC[C@H]21. The third-order valence-corrected chi connectivity index (χ3v) is 4.96. The van der Waals surface area contributed by atoms with Crippen molar-refractivity contribution in [2.24, 2.45) is 0 Å². The van der Waals surface area contributed by atoms with Crippen LogP contribution in [0.3, 0.4) is 0 Å². The number of fused-ring (bicyclic) bond motifs is 1. The highest BCUT2D eigenvalue weighted by Gasteiger charge is 2.43. The second-order valence-electron chi connectivity index (χ2n) is 6.33. The summed E-state index contributed by atoms with van der Waals surface area (Å²) in [6.07, 6.45) is 5.02. The number of nitrogens with zero attached hydrogens (tertiary/aromatic N) is 1. The average molecular weight is 302 g/mol. The van der Waals surface area contributed by atoms with Crippen LogP contribution in [-0.4, -0.2) is 43.2 Å². The van der Waals surface area contributed by atoms with Gasteiger partial charge in [-0.25, -0.2) is 0 Å². The van der Waals surface area contributed by atoms with E-state index >= 15 is 0 Å². The molecule has 3 rings (SSSR count). The normalized spacial score (nSPS) is 28.2. The summed E-state index contributed by atoms with van der Waals surface area (Å²) in [7, 11) is 1.65. The highest BCUT2D eigenvalue weighted by molar-refractivity contribution is 5.77. The summed E-state index contributed by atoms with van der Waals surface area (Å²) in [6, 6.07) is 11.4. The first-order chi connectivity index (χ1) is 10.8. The van der Waals surface area contributed by atoms with Gasteiger partial charge in [0.05, 0.1) is 19.1 Å². The number of hydrogen-bond acceptors (Lipinski definition) is 3. The number of carbonyl (C=O) groups excluding carboxylic acids is 1. The van der Waals surface area contributed by atoms with Crippen molar-refractivity contribution >= 4 is 5.91 Å². The molecule has 0 bridgehead atoms. The van der Waals surface area contributed by atoms with E-state index in [1.165, 1.54) is 18.4 Å². The molecular weight excluding hydrogens is 276 g/mol. The minimum Gasteiger partial charge on any atom is -0.384 e. The lowest BCUT2D eigenvalue weighted by molar-refractivity contribution is -0.135. The molecule has 120 valence electrons. The summed E-state index contributed by atoms with van der Waals surface area (Å²) in [5.41, 5.74) is 1.25. The number of methoxy groups -OCH3 is 1. The molecule has 0 unspecified atom stereocenters. The van der Waals surface area contributed by atoms with Gasteiger partial charge >= 0.3 is 0 Å². The van der Waals surface area contributed by atoms with E-state index < -0.39 is 0 Å². The zero-order chi connectivity index (χ0) is 15.4. The van der Waals surface area contributed by atoms with Crippen molar-refractivity contribution < 1.29 is 9.53 Å². The topological polar surface area (TPSA) is 41.6 Å². The van der Waals surface area contributed by atoms with Gasteiger partial charge in [-0.05, 0) is 31.4 Å². The van der Waals surface area contributed by atoms with Crippen molar-refractivity contribution in [3.05, 3.63) is 35.9 Å². The maximum Gasteiger partial charge on any atom is 0.225 e. The average Bonchev–Trinajstić information content (AvgIpc) is 2.76. The molecule has 0 aliphatic carbocycles. The van der Waals surface area contributed by atoms with Crippen molar-refractivity contribution in [3.63, 3.8) is 0 Å². The highest BCUT2D eigenvalue weighted by atomic mass is 16.5. The van der Waals surface area contributed by atoms with Crippen LogP contribution in [0.2, 0.25) is 0 Å².